The molecule has 2 aromatic heterocycles. The standard InChI is InChI=1S/C18H13N3O2S/c1-12-16(17(22)21-14-6-3-2-4-7-14)24-18(20-12)13(11-19)10-15-8-5-9-23-15/h2-10H,1H3,(H,21,22)/b13-10+. The number of hydrogen-bond donors (Lipinski definition) is 1. The molecule has 1 N–H and O–H groups in total. The van der Waals surface area contributed by atoms with Crippen LogP contribution in [0.1, 0.15) is 26.1 Å². The second-order valence-electron chi connectivity index (χ2n) is 4.94. The summed E-state index contributed by atoms with van der Waals surface area (Å²) in [4.78, 5) is 17.2. The third-order valence-electron chi connectivity index (χ3n) is 3.22. The lowest BCUT2D eigenvalue weighted by Gasteiger charge is -2.02. The predicted molar refractivity (Wildman–Crippen MR) is 93.4 cm³/mol. The molecule has 0 aliphatic rings. The Morgan fingerprint density at radius 3 is 2.75 bits per heavy atom. The quantitative estimate of drug-likeness (QED) is 0.718. The van der Waals surface area contributed by atoms with Crippen molar-refractivity contribution in [2.75, 3.05) is 5.32 Å². The molecule has 118 valence electrons. The third-order valence-corrected chi connectivity index (χ3v) is 4.40. The molecular weight excluding hydrogens is 322 g/mol. The van der Waals surface area contributed by atoms with E-state index in [-0.39, 0.29) is 5.91 Å². The molecule has 1 aromatic carbocycles. The Bertz CT molecular complexity index is 919. The topological polar surface area (TPSA) is 78.9 Å². The van der Waals surface area contributed by atoms with Crippen molar-refractivity contribution >= 4 is 34.6 Å². The molecule has 0 bridgehead atoms. The van der Waals surface area contributed by atoms with Gasteiger partial charge in [0.05, 0.1) is 17.5 Å². The summed E-state index contributed by atoms with van der Waals surface area (Å²) in [6, 6.07) is 14.8. The summed E-state index contributed by atoms with van der Waals surface area (Å²) in [5.74, 6) is 0.326. The van der Waals surface area contributed by atoms with Gasteiger partial charge in [0.1, 0.15) is 21.7 Å². The number of para-hydroxylation sites is 1. The minimum absolute atomic E-state index is 0.238. The van der Waals surface area contributed by atoms with E-state index in [9.17, 15) is 10.1 Å². The minimum atomic E-state index is -0.238. The molecule has 0 saturated carbocycles. The maximum atomic E-state index is 12.4. The molecule has 0 aliphatic carbocycles. The number of rotatable bonds is 4. The second kappa shape index (κ2) is 6.94. The minimum Gasteiger partial charge on any atom is -0.465 e. The van der Waals surface area contributed by atoms with E-state index in [0.717, 1.165) is 0 Å². The lowest BCUT2D eigenvalue weighted by atomic mass is 10.2. The van der Waals surface area contributed by atoms with Crippen molar-refractivity contribution < 1.29 is 9.21 Å². The summed E-state index contributed by atoms with van der Waals surface area (Å²) in [5.41, 5.74) is 1.66. The van der Waals surface area contributed by atoms with E-state index in [1.807, 2.05) is 30.3 Å². The molecule has 0 saturated heterocycles. The number of thiazole rings is 1. The van der Waals surface area contributed by atoms with Gasteiger partial charge in [-0.2, -0.15) is 5.26 Å². The number of aromatic nitrogens is 1. The van der Waals surface area contributed by atoms with Crippen molar-refractivity contribution in [2.24, 2.45) is 0 Å². The lowest BCUT2D eigenvalue weighted by molar-refractivity contribution is 0.103. The average Bonchev–Trinajstić information content (AvgIpc) is 3.23. The van der Waals surface area contributed by atoms with E-state index in [0.29, 0.717) is 32.6 Å². The Morgan fingerprint density at radius 1 is 1.29 bits per heavy atom. The van der Waals surface area contributed by atoms with Crippen LogP contribution < -0.4 is 5.32 Å². The van der Waals surface area contributed by atoms with Crippen molar-refractivity contribution in [1.82, 2.24) is 4.98 Å². The number of allylic oxidation sites excluding steroid dienone is 1. The molecule has 1 amide bonds. The summed E-state index contributed by atoms with van der Waals surface area (Å²) in [6.45, 7) is 1.75. The Labute approximate surface area is 142 Å². The van der Waals surface area contributed by atoms with Crippen LogP contribution in [-0.4, -0.2) is 10.9 Å². The normalized spacial score (nSPS) is 11.1. The number of nitrogens with one attached hydrogen (secondary N) is 1. The van der Waals surface area contributed by atoms with Crippen LogP contribution in [0.4, 0.5) is 5.69 Å². The molecule has 0 aliphatic heterocycles. The van der Waals surface area contributed by atoms with Crippen molar-refractivity contribution in [3.8, 4) is 6.07 Å². The fourth-order valence-electron chi connectivity index (χ4n) is 2.09. The number of amides is 1. The van der Waals surface area contributed by atoms with Gasteiger partial charge in [-0.3, -0.25) is 4.79 Å². The molecule has 0 fully saturated rings. The molecule has 0 spiro atoms. The molecule has 0 unspecified atom stereocenters. The molecule has 24 heavy (non-hydrogen) atoms. The fourth-order valence-corrected chi connectivity index (χ4v) is 3.02. The number of nitrogens with zero attached hydrogens (tertiary/aromatic N) is 2. The van der Waals surface area contributed by atoms with Crippen LogP contribution in [0, 0.1) is 18.3 Å². The molecule has 3 aromatic rings. The average molecular weight is 335 g/mol. The number of anilines is 1. The van der Waals surface area contributed by atoms with Gasteiger partial charge in [0.25, 0.3) is 5.91 Å². The summed E-state index contributed by atoms with van der Waals surface area (Å²) < 4.78 is 5.22. The number of furan rings is 1. The Kier molecular flexibility index (Phi) is 4.54. The summed E-state index contributed by atoms with van der Waals surface area (Å²) in [6.07, 6.45) is 3.14. The zero-order chi connectivity index (χ0) is 16.9. The van der Waals surface area contributed by atoms with Gasteiger partial charge in [-0.05, 0) is 31.2 Å². The largest absolute Gasteiger partial charge is 0.465 e. The van der Waals surface area contributed by atoms with Gasteiger partial charge >= 0.3 is 0 Å². The number of benzene rings is 1. The van der Waals surface area contributed by atoms with Crippen LogP contribution in [0.5, 0.6) is 0 Å². The number of carbonyl (C=O) groups excluding carboxylic acids is 1. The van der Waals surface area contributed by atoms with Gasteiger partial charge in [-0.25, -0.2) is 4.98 Å². The highest BCUT2D eigenvalue weighted by Crippen LogP contribution is 2.26. The highest BCUT2D eigenvalue weighted by atomic mass is 32.1. The van der Waals surface area contributed by atoms with E-state index in [4.69, 9.17) is 4.42 Å². The first-order chi connectivity index (χ1) is 11.7. The van der Waals surface area contributed by atoms with E-state index in [1.54, 1.807) is 25.1 Å². The zero-order valence-electron chi connectivity index (χ0n) is 12.8. The zero-order valence-corrected chi connectivity index (χ0v) is 13.6. The molecule has 5 nitrogen and oxygen atoms in total. The van der Waals surface area contributed by atoms with Crippen LogP contribution in [-0.2, 0) is 0 Å². The van der Waals surface area contributed by atoms with Gasteiger partial charge in [-0.15, -0.1) is 11.3 Å². The SMILES string of the molecule is Cc1nc(/C(C#N)=C/c2ccco2)sc1C(=O)Nc1ccccc1. The van der Waals surface area contributed by atoms with E-state index in [2.05, 4.69) is 16.4 Å². The number of nitriles is 1. The van der Waals surface area contributed by atoms with E-state index < -0.39 is 0 Å². The number of aryl methyl sites for hydroxylation is 1. The molecule has 0 radical (unpaired) electrons. The highest BCUT2D eigenvalue weighted by Gasteiger charge is 2.17. The van der Waals surface area contributed by atoms with Crippen molar-refractivity contribution in [2.45, 2.75) is 6.92 Å². The van der Waals surface area contributed by atoms with E-state index in [1.165, 1.54) is 17.6 Å². The number of hydrogen-bond acceptors (Lipinski definition) is 5. The Hall–Kier alpha value is -3.17. The van der Waals surface area contributed by atoms with Gasteiger partial charge < -0.3 is 9.73 Å². The Morgan fingerprint density at radius 2 is 2.08 bits per heavy atom. The number of carbonyl (C=O) groups is 1. The summed E-state index contributed by atoms with van der Waals surface area (Å²) in [7, 11) is 0. The monoisotopic (exact) mass is 335 g/mol. The summed E-state index contributed by atoms with van der Waals surface area (Å²) >= 11 is 1.19. The molecule has 3 rings (SSSR count). The van der Waals surface area contributed by atoms with Gasteiger partial charge in [-0.1, -0.05) is 18.2 Å². The highest BCUT2D eigenvalue weighted by molar-refractivity contribution is 7.15. The van der Waals surface area contributed by atoms with Gasteiger partial charge in [0, 0.05) is 11.8 Å². The maximum absolute atomic E-state index is 12.4. The molecule has 2 heterocycles. The first-order valence-corrected chi connectivity index (χ1v) is 7.98. The van der Waals surface area contributed by atoms with Crippen LogP contribution in [0.25, 0.3) is 11.6 Å². The first-order valence-electron chi connectivity index (χ1n) is 7.17. The van der Waals surface area contributed by atoms with Crippen LogP contribution in [0.15, 0.2) is 53.1 Å². The van der Waals surface area contributed by atoms with Gasteiger partial charge in [0.2, 0.25) is 0 Å². The third kappa shape index (κ3) is 3.42. The maximum Gasteiger partial charge on any atom is 0.267 e. The summed E-state index contributed by atoms with van der Waals surface area (Å²) in [5, 5.41) is 12.7. The molecular formula is C18H13N3O2S. The van der Waals surface area contributed by atoms with Crippen LogP contribution >= 0.6 is 11.3 Å². The van der Waals surface area contributed by atoms with Gasteiger partial charge in [0.15, 0.2) is 0 Å². The fraction of sp³-hybridized carbons (Fsp3) is 0.0556. The predicted octanol–water partition coefficient (Wildman–Crippen LogP) is 4.36. The lowest BCUT2D eigenvalue weighted by Crippen LogP contribution is -2.11. The smallest absolute Gasteiger partial charge is 0.267 e. The van der Waals surface area contributed by atoms with Crippen molar-refractivity contribution in [3.05, 3.63) is 70.1 Å². The Balaban J connectivity index is 1.87. The molecule has 6 heteroatoms. The van der Waals surface area contributed by atoms with Crippen molar-refractivity contribution in [3.63, 3.8) is 0 Å². The van der Waals surface area contributed by atoms with Crippen LogP contribution in [0.2, 0.25) is 0 Å². The van der Waals surface area contributed by atoms with Crippen LogP contribution in [0.3, 0.4) is 0 Å². The van der Waals surface area contributed by atoms with Crippen molar-refractivity contribution in [1.29, 1.82) is 5.26 Å². The van der Waals surface area contributed by atoms with E-state index >= 15 is 0 Å². The second-order valence-corrected chi connectivity index (χ2v) is 5.94. The first kappa shape index (κ1) is 15.7. The molecule has 0 atom stereocenters.